The lowest BCUT2D eigenvalue weighted by molar-refractivity contribution is 0.160. The van der Waals surface area contributed by atoms with Gasteiger partial charge in [-0.05, 0) is 55.1 Å². The van der Waals surface area contributed by atoms with E-state index in [2.05, 4.69) is 34.1 Å². The molecule has 0 aromatic heterocycles. The van der Waals surface area contributed by atoms with Crippen LogP contribution < -0.4 is 10.0 Å². The molecule has 1 heterocycles. The molecule has 0 amide bonds. The molecule has 2 atom stereocenters. The second-order valence-electron chi connectivity index (χ2n) is 8.31. The number of primary sulfonamides is 1. The highest BCUT2D eigenvalue weighted by Gasteiger charge is 2.19. The van der Waals surface area contributed by atoms with Gasteiger partial charge in [0.2, 0.25) is 10.0 Å². The van der Waals surface area contributed by atoms with E-state index in [4.69, 9.17) is 5.14 Å². The van der Waals surface area contributed by atoms with E-state index in [9.17, 15) is 17.7 Å². The van der Waals surface area contributed by atoms with Crippen LogP contribution in [-0.2, 0) is 26.6 Å². The summed E-state index contributed by atoms with van der Waals surface area (Å²) >= 11 is 0. The summed E-state index contributed by atoms with van der Waals surface area (Å²) in [6.45, 7) is 5.06. The molecule has 1 aliphatic rings. The van der Waals surface area contributed by atoms with Gasteiger partial charge in [-0.1, -0.05) is 30.3 Å². The van der Waals surface area contributed by atoms with Gasteiger partial charge in [0.05, 0.1) is 11.0 Å². The second-order valence-corrected chi connectivity index (χ2v) is 11.3. The van der Waals surface area contributed by atoms with Crippen LogP contribution in [0, 0.1) is 0 Å². The maximum absolute atomic E-state index is 11.9. The zero-order chi connectivity index (χ0) is 23.1. The topological polar surface area (TPSA) is 104 Å². The lowest BCUT2D eigenvalue weighted by Gasteiger charge is -2.36. The zero-order valence-corrected chi connectivity index (χ0v) is 20.2. The Morgan fingerprint density at radius 2 is 1.75 bits per heavy atom. The Balaban J connectivity index is 1.46. The van der Waals surface area contributed by atoms with Crippen molar-refractivity contribution in [1.82, 2.24) is 4.90 Å². The van der Waals surface area contributed by atoms with Gasteiger partial charge in [-0.25, -0.2) is 13.6 Å². The van der Waals surface area contributed by atoms with Crippen molar-refractivity contribution >= 4 is 26.5 Å². The van der Waals surface area contributed by atoms with Crippen LogP contribution >= 0.6 is 0 Å². The van der Waals surface area contributed by atoms with Crippen molar-refractivity contribution in [3.8, 4) is 0 Å². The molecule has 0 bridgehead atoms. The number of piperazine rings is 1. The number of aliphatic hydroxyl groups is 1. The van der Waals surface area contributed by atoms with Crippen LogP contribution in [0.3, 0.4) is 0 Å². The van der Waals surface area contributed by atoms with Gasteiger partial charge >= 0.3 is 0 Å². The van der Waals surface area contributed by atoms with Crippen molar-refractivity contribution in [2.24, 2.45) is 5.14 Å². The molecule has 7 nitrogen and oxygen atoms in total. The number of benzene rings is 2. The smallest absolute Gasteiger partial charge is 0.238 e. The highest BCUT2D eigenvalue weighted by Crippen LogP contribution is 2.25. The Morgan fingerprint density at radius 1 is 1.06 bits per heavy atom. The van der Waals surface area contributed by atoms with Crippen LogP contribution in [0.4, 0.5) is 5.69 Å². The quantitative estimate of drug-likeness (QED) is 0.507. The van der Waals surface area contributed by atoms with Crippen molar-refractivity contribution in [2.75, 3.05) is 43.9 Å². The largest absolute Gasteiger partial charge is 0.388 e. The van der Waals surface area contributed by atoms with E-state index in [-0.39, 0.29) is 10.6 Å². The number of aliphatic hydroxyl groups excluding tert-OH is 1. The Hall–Kier alpha value is -1.78. The molecular weight excluding hydrogens is 446 g/mol. The second kappa shape index (κ2) is 11.4. The zero-order valence-electron chi connectivity index (χ0n) is 18.5. The first-order valence-corrected chi connectivity index (χ1v) is 14.2. The molecule has 3 rings (SSSR count). The van der Waals surface area contributed by atoms with Crippen molar-refractivity contribution in [1.29, 1.82) is 0 Å². The monoisotopic (exact) mass is 479 g/mol. The first-order valence-electron chi connectivity index (χ1n) is 10.9. The van der Waals surface area contributed by atoms with Crippen LogP contribution in [0.2, 0.25) is 0 Å². The number of hydrogen-bond acceptors (Lipinski definition) is 6. The third kappa shape index (κ3) is 7.11. The minimum Gasteiger partial charge on any atom is -0.388 e. The standard InChI is InChI=1S/C23H33N3O4S2/c1-31(28)18-20-11-10-19(17-23(20)32(24,29)30)22(27)9-5-6-12-25-13-15-26(16-14-25)21-7-3-2-4-8-21/h2-4,7-8,10-11,17,22,27H,5-6,9,12-16,18H2,1H3,(H2,24,29,30). The van der Waals surface area contributed by atoms with Crippen LogP contribution in [0.25, 0.3) is 0 Å². The van der Waals surface area contributed by atoms with Gasteiger partial charge in [-0.3, -0.25) is 9.11 Å². The SMILES string of the molecule is CS(=O)Cc1ccc(C(O)CCCCN2CCN(c3ccccc3)CC2)cc1S(N)(=O)=O. The van der Waals surface area contributed by atoms with Crippen molar-refractivity contribution < 1.29 is 17.7 Å². The highest BCUT2D eigenvalue weighted by atomic mass is 32.2. The summed E-state index contributed by atoms with van der Waals surface area (Å²) in [5.74, 6) is 0.111. The summed E-state index contributed by atoms with van der Waals surface area (Å²) < 4.78 is 35.4. The molecule has 9 heteroatoms. The van der Waals surface area contributed by atoms with Crippen LogP contribution in [0.15, 0.2) is 53.4 Å². The minimum absolute atomic E-state index is 0.0551. The van der Waals surface area contributed by atoms with E-state index >= 15 is 0 Å². The summed E-state index contributed by atoms with van der Waals surface area (Å²) in [6, 6.07) is 15.2. The highest BCUT2D eigenvalue weighted by molar-refractivity contribution is 7.89. The summed E-state index contributed by atoms with van der Waals surface area (Å²) in [6.07, 6.45) is 3.11. The molecular formula is C23H33N3O4S2. The third-order valence-electron chi connectivity index (χ3n) is 5.84. The maximum atomic E-state index is 11.9. The van der Waals surface area contributed by atoms with E-state index < -0.39 is 26.9 Å². The van der Waals surface area contributed by atoms with Gasteiger partial charge in [0, 0.05) is 54.7 Å². The van der Waals surface area contributed by atoms with Crippen molar-refractivity contribution in [3.63, 3.8) is 0 Å². The van der Waals surface area contributed by atoms with Gasteiger partial charge in [0.25, 0.3) is 0 Å². The Labute approximate surface area is 193 Å². The van der Waals surface area contributed by atoms with Gasteiger partial charge in [-0.2, -0.15) is 0 Å². The molecule has 0 spiro atoms. The molecule has 0 radical (unpaired) electrons. The number of rotatable bonds is 10. The molecule has 176 valence electrons. The van der Waals surface area contributed by atoms with Gasteiger partial charge in [-0.15, -0.1) is 0 Å². The first kappa shape index (κ1) is 24.9. The number of nitrogens with zero attached hydrogens (tertiary/aromatic N) is 2. The molecule has 0 aliphatic carbocycles. The van der Waals surface area contributed by atoms with Gasteiger partial charge in [0.1, 0.15) is 0 Å². The molecule has 32 heavy (non-hydrogen) atoms. The maximum Gasteiger partial charge on any atom is 0.238 e. The molecule has 1 fully saturated rings. The number of sulfonamides is 1. The molecule has 1 saturated heterocycles. The average molecular weight is 480 g/mol. The molecule has 2 unspecified atom stereocenters. The Bertz CT molecular complexity index is 1010. The molecule has 2 aromatic rings. The summed E-state index contributed by atoms with van der Waals surface area (Å²) in [7, 11) is -5.15. The predicted molar refractivity (Wildman–Crippen MR) is 129 cm³/mol. The van der Waals surface area contributed by atoms with Crippen LogP contribution in [-0.4, -0.2) is 61.6 Å². The number of hydrogen-bond donors (Lipinski definition) is 2. The van der Waals surface area contributed by atoms with Crippen LogP contribution in [0.1, 0.15) is 36.5 Å². The van der Waals surface area contributed by atoms with Crippen molar-refractivity contribution in [3.05, 3.63) is 59.7 Å². The molecule has 2 aromatic carbocycles. The fraction of sp³-hybridized carbons (Fsp3) is 0.478. The van der Waals surface area contributed by atoms with Gasteiger partial charge < -0.3 is 10.0 Å². The van der Waals surface area contributed by atoms with E-state index in [1.807, 2.05) is 6.07 Å². The first-order chi connectivity index (χ1) is 15.2. The summed E-state index contributed by atoms with van der Waals surface area (Å²) in [4.78, 5) is 4.80. The number of nitrogens with two attached hydrogens (primary N) is 1. The molecule has 3 N–H and O–H groups in total. The van der Waals surface area contributed by atoms with Crippen LogP contribution in [0.5, 0.6) is 0 Å². The number of unbranched alkanes of at least 4 members (excludes halogenated alkanes) is 1. The average Bonchev–Trinajstić information content (AvgIpc) is 2.77. The lowest BCUT2D eigenvalue weighted by Crippen LogP contribution is -2.46. The summed E-state index contributed by atoms with van der Waals surface area (Å²) in [5, 5.41) is 15.9. The third-order valence-corrected chi connectivity index (χ3v) is 7.55. The Morgan fingerprint density at radius 3 is 2.38 bits per heavy atom. The molecule has 0 saturated carbocycles. The van der Waals surface area contributed by atoms with E-state index in [0.29, 0.717) is 17.5 Å². The summed E-state index contributed by atoms with van der Waals surface area (Å²) in [5.41, 5.74) is 2.21. The number of anilines is 1. The Kier molecular flexibility index (Phi) is 8.84. The number of para-hydroxylation sites is 1. The normalized spacial score (nSPS) is 17.3. The van der Waals surface area contributed by atoms with E-state index in [0.717, 1.165) is 45.6 Å². The van der Waals surface area contributed by atoms with Crippen molar-refractivity contribution in [2.45, 2.75) is 36.0 Å². The van der Waals surface area contributed by atoms with Gasteiger partial charge in [0.15, 0.2) is 0 Å². The predicted octanol–water partition coefficient (Wildman–Crippen LogP) is 2.24. The van der Waals surface area contributed by atoms with E-state index in [1.165, 1.54) is 18.0 Å². The fourth-order valence-electron chi connectivity index (χ4n) is 4.09. The van der Waals surface area contributed by atoms with E-state index in [1.54, 1.807) is 12.1 Å². The fourth-order valence-corrected chi connectivity index (χ4v) is 5.68. The molecule has 1 aliphatic heterocycles. The minimum atomic E-state index is -3.96. The lowest BCUT2D eigenvalue weighted by atomic mass is 10.0.